The largest absolute Gasteiger partial charge is 0.481 e. The number of pyridine rings is 1. The van der Waals surface area contributed by atoms with Crippen molar-refractivity contribution in [1.29, 1.82) is 0 Å². The fraction of sp³-hybridized carbons (Fsp3) is 0.300. The number of anilines is 3. The van der Waals surface area contributed by atoms with Crippen LogP contribution in [-0.2, 0) is 9.53 Å². The van der Waals surface area contributed by atoms with Gasteiger partial charge < -0.3 is 35.6 Å². The van der Waals surface area contributed by atoms with Gasteiger partial charge in [-0.15, -0.1) is 0 Å². The number of nitrogens with one attached hydrogen (secondary N) is 3. The molecule has 0 spiro atoms. The molecule has 4 amide bonds. The van der Waals surface area contributed by atoms with Crippen LogP contribution < -0.4 is 20.9 Å². The minimum absolute atomic E-state index is 0.231. The second-order valence-electron chi connectivity index (χ2n) is 9.89. The zero-order valence-electron chi connectivity index (χ0n) is 23.5. The van der Waals surface area contributed by atoms with Crippen LogP contribution in [0.1, 0.15) is 40.4 Å². The molecule has 1 atom stereocenters. The SMILES string of the molecule is COC(=O)N1CCCN(c2ccc(C(=O)NC(CC(=O)O)c3cccnc3)cc2NC(=O)Nc2cccc(C)c2)CC1. The van der Waals surface area contributed by atoms with Gasteiger partial charge in [0, 0.05) is 49.8 Å². The zero-order valence-corrected chi connectivity index (χ0v) is 23.5. The average molecular weight is 575 g/mol. The van der Waals surface area contributed by atoms with Crippen LogP contribution in [0.15, 0.2) is 67.0 Å². The van der Waals surface area contributed by atoms with Gasteiger partial charge in [-0.2, -0.15) is 0 Å². The second kappa shape index (κ2) is 14.0. The molecule has 0 aliphatic carbocycles. The lowest BCUT2D eigenvalue weighted by Crippen LogP contribution is -2.35. The van der Waals surface area contributed by atoms with Gasteiger partial charge in [-0.1, -0.05) is 18.2 Å². The third-order valence-electron chi connectivity index (χ3n) is 6.82. The minimum atomic E-state index is -1.07. The molecule has 0 saturated carbocycles. The van der Waals surface area contributed by atoms with Crippen molar-refractivity contribution in [3.05, 3.63) is 83.7 Å². The van der Waals surface area contributed by atoms with Crippen LogP contribution in [0.2, 0.25) is 0 Å². The van der Waals surface area contributed by atoms with Gasteiger partial charge in [0.05, 0.1) is 30.9 Å². The predicted octanol–water partition coefficient (Wildman–Crippen LogP) is 4.26. The number of carboxylic acid groups (broad SMARTS) is 1. The van der Waals surface area contributed by atoms with Gasteiger partial charge in [0.15, 0.2) is 0 Å². The molecule has 3 aromatic rings. The number of carbonyl (C=O) groups is 4. The Morgan fingerprint density at radius 3 is 2.55 bits per heavy atom. The molecule has 12 nitrogen and oxygen atoms in total. The number of amides is 4. The first-order chi connectivity index (χ1) is 20.2. The Morgan fingerprint density at radius 2 is 1.83 bits per heavy atom. The molecule has 1 aromatic heterocycles. The summed E-state index contributed by atoms with van der Waals surface area (Å²) in [5.74, 6) is -1.58. The number of nitrogens with zero attached hydrogens (tertiary/aromatic N) is 3. The molecular weight excluding hydrogens is 540 g/mol. The molecular formula is C30H34N6O6. The van der Waals surface area contributed by atoms with Crippen molar-refractivity contribution in [2.24, 2.45) is 0 Å². The lowest BCUT2D eigenvalue weighted by Gasteiger charge is -2.26. The molecule has 1 aliphatic rings. The molecule has 1 unspecified atom stereocenters. The first-order valence-corrected chi connectivity index (χ1v) is 13.5. The highest BCUT2D eigenvalue weighted by atomic mass is 16.5. The summed E-state index contributed by atoms with van der Waals surface area (Å²) in [6.07, 6.45) is 3.02. The van der Waals surface area contributed by atoms with Crippen molar-refractivity contribution in [1.82, 2.24) is 15.2 Å². The topological polar surface area (TPSA) is 153 Å². The van der Waals surface area contributed by atoms with Crippen molar-refractivity contribution < 1.29 is 29.0 Å². The Balaban J connectivity index is 1.60. The zero-order chi connectivity index (χ0) is 30.1. The monoisotopic (exact) mass is 574 g/mol. The molecule has 220 valence electrons. The van der Waals surface area contributed by atoms with E-state index in [4.69, 9.17) is 4.74 Å². The first kappa shape index (κ1) is 29.8. The van der Waals surface area contributed by atoms with Crippen molar-refractivity contribution in [3.8, 4) is 0 Å². The van der Waals surface area contributed by atoms with Crippen molar-refractivity contribution in [3.63, 3.8) is 0 Å². The highest BCUT2D eigenvalue weighted by Crippen LogP contribution is 2.29. The van der Waals surface area contributed by atoms with Crippen LogP contribution in [0.3, 0.4) is 0 Å². The maximum Gasteiger partial charge on any atom is 0.409 e. The normalized spacial score (nSPS) is 13.9. The van der Waals surface area contributed by atoms with Crippen LogP contribution in [0, 0.1) is 6.92 Å². The Morgan fingerprint density at radius 1 is 1.00 bits per heavy atom. The molecule has 4 rings (SSSR count). The highest BCUT2D eigenvalue weighted by Gasteiger charge is 2.24. The molecule has 42 heavy (non-hydrogen) atoms. The summed E-state index contributed by atoms with van der Waals surface area (Å²) >= 11 is 0. The van der Waals surface area contributed by atoms with Crippen LogP contribution >= 0.6 is 0 Å². The summed E-state index contributed by atoms with van der Waals surface area (Å²) in [7, 11) is 1.35. The summed E-state index contributed by atoms with van der Waals surface area (Å²) in [5.41, 5.74) is 3.44. The molecule has 0 radical (unpaired) electrons. The van der Waals surface area contributed by atoms with Gasteiger partial charge in [0.1, 0.15) is 0 Å². The predicted molar refractivity (Wildman–Crippen MR) is 158 cm³/mol. The lowest BCUT2D eigenvalue weighted by molar-refractivity contribution is -0.137. The fourth-order valence-electron chi connectivity index (χ4n) is 4.78. The minimum Gasteiger partial charge on any atom is -0.481 e. The van der Waals surface area contributed by atoms with Crippen LogP contribution in [0.25, 0.3) is 0 Å². The highest BCUT2D eigenvalue weighted by molar-refractivity contribution is 6.04. The average Bonchev–Trinajstić information content (AvgIpc) is 3.23. The van der Waals surface area contributed by atoms with Gasteiger partial charge in [-0.25, -0.2) is 9.59 Å². The quantitative estimate of drug-likeness (QED) is 0.311. The summed E-state index contributed by atoms with van der Waals surface area (Å²) in [5, 5.41) is 17.9. The van der Waals surface area contributed by atoms with E-state index in [-0.39, 0.29) is 12.0 Å². The maximum atomic E-state index is 13.3. The third kappa shape index (κ3) is 7.96. The molecule has 1 aliphatic heterocycles. The summed E-state index contributed by atoms with van der Waals surface area (Å²) in [6, 6.07) is 14.3. The Labute approximate surface area is 243 Å². The molecule has 0 bridgehead atoms. The van der Waals surface area contributed by atoms with E-state index in [2.05, 4.69) is 20.9 Å². The number of ether oxygens (including phenoxy) is 1. The van der Waals surface area contributed by atoms with E-state index in [0.29, 0.717) is 55.2 Å². The van der Waals surface area contributed by atoms with Crippen molar-refractivity contribution in [2.45, 2.75) is 25.8 Å². The third-order valence-corrected chi connectivity index (χ3v) is 6.82. The van der Waals surface area contributed by atoms with Gasteiger partial charge in [0.2, 0.25) is 0 Å². The number of benzene rings is 2. The van der Waals surface area contributed by atoms with Gasteiger partial charge >= 0.3 is 18.1 Å². The Kier molecular flexibility index (Phi) is 9.93. The Hall–Kier alpha value is -5.13. The maximum absolute atomic E-state index is 13.3. The van der Waals surface area contributed by atoms with E-state index >= 15 is 0 Å². The van der Waals surface area contributed by atoms with E-state index in [1.807, 2.05) is 30.0 Å². The molecule has 2 heterocycles. The smallest absolute Gasteiger partial charge is 0.409 e. The summed E-state index contributed by atoms with van der Waals surface area (Å²) in [4.78, 5) is 57.7. The number of aromatic nitrogens is 1. The van der Waals surface area contributed by atoms with E-state index in [9.17, 15) is 24.3 Å². The number of methoxy groups -OCH3 is 1. The number of urea groups is 1. The van der Waals surface area contributed by atoms with Crippen LogP contribution in [-0.4, -0.2) is 72.3 Å². The van der Waals surface area contributed by atoms with E-state index in [1.165, 1.54) is 13.3 Å². The van der Waals surface area contributed by atoms with Crippen molar-refractivity contribution in [2.75, 3.05) is 48.8 Å². The van der Waals surface area contributed by atoms with E-state index in [1.54, 1.807) is 47.5 Å². The molecule has 1 saturated heterocycles. The molecule has 2 aromatic carbocycles. The van der Waals surface area contributed by atoms with E-state index < -0.39 is 30.0 Å². The standard InChI is InChI=1S/C30H34N6O6/c1-20-6-3-8-23(16-20)32-29(40)34-25-17-21(28(39)33-24(18-27(37)38)22-7-4-11-31-19-22)9-10-26(25)35-12-5-13-36(15-14-35)30(41)42-2/h3-4,6-11,16-17,19,24H,5,12-15,18H2,1-2H3,(H,33,39)(H,37,38)(H2,32,34,40). The van der Waals surface area contributed by atoms with Crippen molar-refractivity contribution >= 4 is 41.1 Å². The van der Waals surface area contributed by atoms with Gasteiger partial charge in [-0.3, -0.25) is 14.6 Å². The number of aliphatic carboxylic acids is 1. The number of rotatable bonds is 8. The van der Waals surface area contributed by atoms with Gasteiger partial charge in [0.25, 0.3) is 5.91 Å². The number of carboxylic acids is 1. The first-order valence-electron chi connectivity index (χ1n) is 13.5. The van der Waals surface area contributed by atoms with Crippen LogP contribution in [0.4, 0.5) is 26.7 Å². The molecule has 1 fully saturated rings. The lowest BCUT2D eigenvalue weighted by atomic mass is 10.0. The molecule has 4 N–H and O–H groups in total. The number of hydrogen-bond acceptors (Lipinski definition) is 7. The fourth-order valence-corrected chi connectivity index (χ4v) is 4.78. The number of hydrogen-bond donors (Lipinski definition) is 4. The van der Waals surface area contributed by atoms with Gasteiger partial charge in [-0.05, 0) is 60.9 Å². The van der Waals surface area contributed by atoms with Crippen LogP contribution in [0.5, 0.6) is 0 Å². The van der Waals surface area contributed by atoms with E-state index in [0.717, 1.165) is 5.56 Å². The second-order valence-corrected chi connectivity index (χ2v) is 9.89. The summed E-state index contributed by atoms with van der Waals surface area (Å²) < 4.78 is 4.88. The Bertz CT molecular complexity index is 1430. The number of aryl methyl sites for hydroxylation is 1. The number of carbonyl (C=O) groups excluding carboxylic acids is 3. The summed E-state index contributed by atoms with van der Waals surface area (Å²) in [6.45, 7) is 3.96. The molecule has 12 heteroatoms.